The van der Waals surface area contributed by atoms with Crippen molar-refractivity contribution in [3.8, 4) is 5.88 Å². The molecule has 0 fully saturated rings. The summed E-state index contributed by atoms with van der Waals surface area (Å²) in [5.74, 6) is -0.644. The summed E-state index contributed by atoms with van der Waals surface area (Å²) in [6, 6.07) is 1.02. The predicted octanol–water partition coefficient (Wildman–Crippen LogP) is 0.629. The highest BCUT2D eigenvalue weighted by Crippen LogP contribution is 2.28. The van der Waals surface area contributed by atoms with Crippen LogP contribution >= 0.6 is 0 Å². The summed E-state index contributed by atoms with van der Waals surface area (Å²) in [6.45, 7) is 1.81. The molecule has 8 heteroatoms. The molecule has 0 spiro atoms. The zero-order valence-electron chi connectivity index (χ0n) is 11.3. The van der Waals surface area contributed by atoms with Gasteiger partial charge >= 0.3 is 5.97 Å². The van der Waals surface area contributed by atoms with Crippen LogP contribution in [0.15, 0.2) is 24.2 Å². The Balaban J connectivity index is 2.24. The lowest BCUT2D eigenvalue weighted by molar-refractivity contribution is -0.136. The highest BCUT2D eigenvalue weighted by atomic mass is 19.1. The van der Waals surface area contributed by atoms with Crippen LogP contribution in [0, 0.1) is 5.82 Å². The van der Waals surface area contributed by atoms with Gasteiger partial charge in [0.1, 0.15) is 5.82 Å². The van der Waals surface area contributed by atoms with Gasteiger partial charge in [-0.15, -0.1) is 5.53 Å². The summed E-state index contributed by atoms with van der Waals surface area (Å²) in [6.07, 6.45) is 2.61. The lowest BCUT2D eigenvalue weighted by Gasteiger charge is -2.24. The third-order valence-corrected chi connectivity index (χ3v) is 2.90. The highest BCUT2D eigenvalue weighted by Gasteiger charge is 2.25. The molecule has 20 heavy (non-hydrogen) atoms. The lowest BCUT2D eigenvalue weighted by atomic mass is 10.1. The van der Waals surface area contributed by atoms with E-state index in [1.165, 1.54) is 26.5 Å². The predicted molar refractivity (Wildman–Crippen MR) is 67.4 cm³/mol. The van der Waals surface area contributed by atoms with Crippen LogP contribution in [0.5, 0.6) is 5.88 Å². The van der Waals surface area contributed by atoms with E-state index in [1.807, 2.05) is 6.92 Å². The summed E-state index contributed by atoms with van der Waals surface area (Å²) in [7, 11) is 2.75. The third-order valence-electron chi connectivity index (χ3n) is 2.90. The Bertz CT molecular complexity index is 550. The second-order valence-electron chi connectivity index (χ2n) is 4.11. The van der Waals surface area contributed by atoms with Gasteiger partial charge in [0.25, 0.3) is 0 Å². The van der Waals surface area contributed by atoms with Gasteiger partial charge in [-0.25, -0.2) is 14.2 Å². The molecule has 0 amide bonds. The van der Waals surface area contributed by atoms with Crippen molar-refractivity contribution in [2.24, 2.45) is 0 Å². The Kier molecular flexibility index (Phi) is 4.04. The fourth-order valence-electron chi connectivity index (χ4n) is 1.81. The molecule has 2 rings (SSSR count). The van der Waals surface area contributed by atoms with Crippen molar-refractivity contribution in [3.63, 3.8) is 0 Å². The van der Waals surface area contributed by atoms with E-state index in [1.54, 1.807) is 5.01 Å². The first-order valence-corrected chi connectivity index (χ1v) is 5.86. The van der Waals surface area contributed by atoms with Crippen LogP contribution in [0.1, 0.15) is 18.5 Å². The molecular weight excluding hydrogens is 267 g/mol. The number of ether oxygens (including phenoxy) is 2. The maximum absolute atomic E-state index is 13.3. The summed E-state index contributed by atoms with van der Waals surface area (Å²) in [5, 5.41) is 1.59. The summed E-state index contributed by atoms with van der Waals surface area (Å²) >= 11 is 0. The minimum atomic E-state index is -0.503. The molecule has 0 aliphatic carbocycles. The zero-order valence-corrected chi connectivity index (χ0v) is 11.3. The Morgan fingerprint density at radius 3 is 2.90 bits per heavy atom. The molecule has 0 radical (unpaired) electrons. The molecule has 7 nitrogen and oxygen atoms in total. The first-order chi connectivity index (χ1) is 9.56. The van der Waals surface area contributed by atoms with E-state index < -0.39 is 11.8 Å². The monoisotopic (exact) mass is 282 g/mol. The number of hydrogen-bond acceptors (Lipinski definition) is 7. The van der Waals surface area contributed by atoms with E-state index in [2.05, 4.69) is 20.7 Å². The molecule has 1 unspecified atom stereocenters. The fraction of sp³-hybridized carbons (Fsp3) is 0.333. The van der Waals surface area contributed by atoms with Crippen molar-refractivity contribution in [3.05, 3.63) is 35.5 Å². The minimum Gasteiger partial charge on any atom is -0.481 e. The van der Waals surface area contributed by atoms with Crippen LogP contribution in [-0.4, -0.2) is 30.2 Å². The van der Waals surface area contributed by atoms with Gasteiger partial charge in [0.05, 0.1) is 32.7 Å². The lowest BCUT2D eigenvalue weighted by Crippen LogP contribution is -2.39. The summed E-state index contributed by atoms with van der Waals surface area (Å²) in [5.41, 5.74) is 6.24. The van der Waals surface area contributed by atoms with E-state index >= 15 is 0 Å². The van der Waals surface area contributed by atoms with Crippen LogP contribution < -0.4 is 15.7 Å². The first kappa shape index (κ1) is 14.1. The molecule has 1 aromatic heterocycles. The van der Waals surface area contributed by atoms with Crippen molar-refractivity contribution in [2.75, 3.05) is 14.2 Å². The smallest absolute Gasteiger partial charge is 0.357 e. The Hall–Kier alpha value is -2.35. The van der Waals surface area contributed by atoms with Gasteiger partial charge in [-0.1, -0.05) is 0 Å². The SMILES string of the molecule is COC(=O)C1=CN(C(C)c2cc(F)cnc2OC)NN1. The van der Waals surface area contributed by atoms with Crippen LogP contribution in [0.2, 0.25) is 0 Å². The number of carbonyl (C=O) groups excluding carboxylic acids is 1. The largest absolute Gasteiger partial charge is 0.481 e. The van der Waals surface area contributed by atoms with Crippen molar-refractivity contribution >= 4 is 5.97 Å². The van der Waals surface area contributed by atoms with Gasteiger partial charge in [0, 0.05) is 5.56 Å². The molecular formula is C12H15FN4O3. The molecule has 0 aromatic carbocycles. The van der Waals surface area contributed by atoms with Gasteiger partial charge in [-0.05, 0) is 13.0 Å². The van der Waals surface area contributed by atoms with Crippen LogP contribution in [-0.2, 0) is 9.53 Å². The second kappa shape index (κ2) is 5.74. The topological polar surface area (TPSA) is 75.7 Å². The fourth-order valence-corrected chi connectivity index (χ4v) is 1.81. The number of methoxy groups -OCH3 is 2. The van der Waals surface area contributed by atoms with Crippen molar-refractivity contribution in [2.45, 2.75) is 13.0 Å². The number of nitrogens with one attached hydrogen (secondary N) is 2. The van der Waals surface area contributed by atoms with Gasteiger partial charge in [-0.2, -0.15) is 0 Å². The summed E-state index contributed by atoms with van der Waals surface area (Å²) in [4.78, 5) is 15.3. The Morgan fingerprint density at radius 1 is 1.50 bits per heavy atom. The number of hydrazine groups is 2. The number of pyridine rings is 1. The molecule has 1 aliphatic rings. The maximum Gasteiger partial charge on any atom is 0.357 e. The Labute approximate surface area is 115 Å². The van der Waals surface area contributed by atoms with Crippen LogP contribution in [0.25, 0.3) is 0 Å². The van der Waals surface area contributed by atoms with Crippen molar-refractivity contribution in [1.82, 2.24) is 21.0 Å². The van der Waals surface area contributed by atoms with E-state index in [4.69, 9.17) is 4.74 Å². The Morgan fingerprint density at radius 2 is 2.25 bits per heavy atom. The maximum atomic E-state index is 13.3. The van der Waals surface area contributed by atoms with Crippen LogP contribution in [0.4, 0.5) is 4.39 Å². The molecule has 2 heterocycles. The van der Waals surface area contributed by atoms with Gasteiger partial charge in [0.2, 0.25) is 5.88 Å². The van der Waals surface area contributed by atoms with E-state index in [-0.39, 0.29) is 11.7 Å². The zero-order chi connectivity index (χ0) is 14.7. The molecule has 108 valence electrons. The molecule has 2 N–H and O–H groups in total. The standard InChI is InChI=1S/C12H15FN4O3/c1-7(9-4-8(13)5-14-11(9)19-2)17-6-10(15-16-17)12(18)20-3/h4-7,15-16H,1-3H3. The number of hydrogen-bond donors (Lipinski definition) is 2. The number of rotatable bonds is 4. The molecule has 1 aromatic rings. The first-order valence-electron chi connectivity index (χ1n) is 5.86. The van der Waals surface area contributed by atoms with Crippen molar-refractivity contribution < 1.29 is 18.7 Å². The molecule has 0 saturated carbocycles. The molecule has 0 bridgehead atoms. The quantitative estimate of drug-likeness (QED) is 0.784. The number of aromatic nitrogens is 1. The molecule has 0 saturated heterocycles. The number of halogens is 1. The van der Waals surface area contributed by atoms with E-state index in [0.29, 0.717) is 11.4 Å². The van der Waals surface area contributed by atoms with E-state index in [9.17, 15) is 9.18 Å². The third kappa shape index (κ3) is 2.64. The average Bonchev–Trinajstić information content (AvgIpc) is 2.95. The van der Waals surface area contributed by atoms with Gasteiger partial charge in [0.15, 0.2) is 5.70 Å². The highest BCUT2D eigenvalue weighted by molar-refractivity contribution is 5.87. The minimum absolute atomic E-state index is 0.252. The number of nitrogens with zero attached hydrogens (tertiary/aromatic N) is 2. The van der Waals surface area contributed by atoms with Crippen LogP contribution in [0.3, 0.4) is 0 Å². The molecule has 1 aliphatic heterocycles. The second-order valence-corrected chi connectivity index (χ2v) is 4.11. The van der Waals surface area contributed by atoms with E-state index in [0.717, 1.165) is 6.20 Å². The normalized spacial score (nSPS) is 15.4. The number of esters is 1. The van der Waals surface area contributed by atoms with Gasteiger partial charge < -0.3 is 9.47 Å². The van der Waals surface area contributed by atoms with Crippen molar-refractivity contribution in [1.29, 1.82) is 0 Å². The van der Waals surface area contributed by atoms with Gasteiger partial charge in [-0.3, -0.25) is 10.4 Å². The average molecular weight is 282 g/mol. The molecule has 1 atom stereocenters. The number of carbonyl (C=O) groups is 1. The summed E-state index contributed by atoms with van der Waals surface area (Å²) < 4.78 is 23.0.